The summed E-state index contributed by atoms with van der Waals surface area (Å²) in [6.07, 6.45) is 4.92. The number of amides is 2. The molecule has 8 heteroatoms. The van der Waals surface area contributed by atoms with Gasteiger partial charge in [0.2, 0.25) is 5.95 Å². The third-order valence-corrected chi connectivity index (χ3v) is 4.31. The van der Waals surface area contributed by atoms with Gasteiger partial charge in [-0.15, -0.1) is 0 Å². The molecule has 8 nitrogen and oxygen atoms in total. The standard InChI is InChI=1S/C19H24N6O2/c1-14(2)13-23-17(26)15-4-7-20-16(12-15)18(27)24-8-10-25(11-9-24)19-21-5-3-6-22-19/h3-7,12,14H,8-11,13H2,1-2H3,(H,23,26). The van der Waals surface area contributed by atoms with Crippen molar-refractivity contribution in [2.24, 2.45) is 5.92 Å². The number of carbonyl (C=O) groups excluding carboxylic acids is 2. The third kappa shape index (κ3) is 4.78. The van der Waals surface area contributed by atoms with Gasteiger partial charge in [0, 0.05) is 56.9 Å². The van der Waals surface area contributed by atoms with Gasteiger partial charge in [-0.05, 0) is 24.1 Å². The van der Waals surface area contributed by atoms with Crippen molar-refractivity contribution in [2.75, 3.05) is 37.6 Å². The Labute approximate surface area is 158 Å². The van der Waals surface area contributed by atoms with Crippen molar-refractivity contribution in [1.29, 1.82) is 0 Å². The van der Waals surface area contributed by atoms with Crippen LogP contribution in [0.2, 0.25) is 0 Å². The van der Waals surface area contributed by atoms with Gasteiger partial charge in [-0.25, -0.2) is 9.97 Å². The molecule has 1 N–H and O–H groups in total. The molecule has 0 saturated carbocycles. The van der Waals surface area contributed by atoms with E-state index in [0.717, 1.165) is 0 Å². The SMILES string of the molecule is CC(C)CNC(=O)c1ccnc(C(=O)N2CCN(c3ncccn3)CC2)c1. The average molecular weight is 368 g/mol. The molecule has 3 heterocycles. The van der Waals surface area contributed by atoms with Crippen LogP contribution in [0.25, 0.3) is 0 Å². The number of carbonyl (C=O) groups is 2. The van der Waals surface area contributed by atoms with Gasteiger partial charge in [0.05, 0.1) is 0 Å². The molecule has 2 aromatic rings. The Balaban J connectivity index is 1.61. The molecule has 1 aliphatic rings. The number of pyridine rings is 1. The van der Waals surface area contributed by atoms with Crippen molar-refractivity contribution in [3.63, 3.8) is 0 Å². The summed E-state index contributed by atoms with van der Waals surface area (Å²) in [4.78, 5) is 41.4. The summed E-state index contributed by atoms with van der Waals surface area (Å²) < 4.78 is 0. The molecular formula is C19H24N6O2. The molecule has 1 saturated heterocycles. The van der Waals surface area contributed by atoms with Crippen molar-refractivity contribution < 1.29 is 9.59 Å². The molecule has 0 spiro atoms. The number of hydrogen-bond donors (Lipinski definition) is 1. The molecular weight excluding hydrogens is 344 g/mol. The molecule has 142 valence electrons. The molecule has 2 aromatic heterocycles. The van der Waals surface area contributed by atoms with Gasteiger partial charge >= 0.3 is 0 Å². The lowest BCUT2D eigenvalue weighted by Crippen LogP contribution is -2.49. The normalized spacial score (nSPS) is 14.3. The monoisotopic (exact) mass is 368 g/mol. The first-order chi connectivity index (χ1) is 13.0. The Bertz CT molecular complexity index is 788. The van der Waals surface area contributed by atoms with Crippen molar-refractivity contribution in [1.82, 2.24) is 25.2 Å². The lowest BCUT2D eigenvalue weighted by molar-refractivity contribution is 0.0740. The molecule has 27 heavy (non-hydrogen) atoms. The summed E-state index contributed by atoms with van der Waals surface area (Å²) in [6, 6.07) is 4.96. The number of anilines is 1. The van der Waals surface area contributed by atoms with E-state index in [1.54, 1.807) is 35.5 Å². The van der Waals surface area contributed by atoms with E-state index in [4.69, 9.17) is 0 Å². The van der Waals surface area contributed by atoms with Crippen LogP contribution in [-0.2, 0) is 0 Å². The van der Waals surface area contributed by atoms with E-state index < -0.39 is 0 Å². The number of nitrogens with zero attached hydrogens (tertiary/aromatic N) is 5. The van der Waals surface area contributed by atoms with Crippen LogP contribution < -0.4 is 10.2 Å². The minimum atomic E-state index is -0.189. The van der Waals surface area contributed by atoms with Crippen molar-refractivity contribution in [3.05, 3.63) is 48.0 Å². The molecule has 1 fully saturated rings. The second-order valence-corrected chi connectivity index (χ2v) is 6.86. The third-order valence-electron chi connectivity index (χ3n) is 4.31. The van der Waals surface area contributed by atoms with Crippen LogP contribution in [0.4, 0.5) is 5.95 Å². The summed E-state index contributed by atoms with van der Waals surface area (Å²) in [5.74, 6) is 0.682. The van der Waals surface area contributed by atoms with Crippen LogP contribution in [0, 0.1) is 5.92 Å². The van der Waals surface area contributed by atoms with Crippen LogP contribution in [0.1, 0.15) is 34.7 Å². The number of rotatable bonds is 5. The van der Waals surface area contributed by atoms with E-state index in [1.165, 1.54) is 6.20 Å². The minimum Gasteiger partial charge on any atom is -0.352 e. The van der Waals surface area contributed by atoms with Crippen LogP contribution >= 0.6 is 0 Å². The number of piperazine rings is 1. The molecule has 2 amide bonds. The molecule has 1 aliphatic heterocycles. The molecule has 0 aromatic carbocycles. The molecule has 0 radical (unpaired) electrons. The molecule has 0 aliphatic carbocycles. The lowest BCUT2D eigenvalue weighted by atomic mass is 10.1. The first-order valence-corrected chi connectivity index (χ1v) is 9.10. The summed E-state index contributed by atoms with van der Waals surface area (Å²) in [6.45, 7) is 7.08. The van der Waals surface area contributed by atoms with Crippen LogP contribution in [0.3, 0.4) is 0 Å². The van der Waals surface area contributed by atoms with E-state index in [1.807, 2.05) is 18.7 Å². The largest absolute Gasteiger partial charge is 0.352 e. The van der Waals surface area contributed by atoms with Gasteiger partial charge < -0.3 is 15.1 Å². The summed E-state index contributed by atoms with van der Waals surface area (Å²) in [5.41, 5.74) is 0.738. The maximum Gasteiger partial charge on any atom is 0.272 e. The molecule has 0 bridgehead atoms. The highest BCUT2D eigenvalue weighted by atomic mass is 16.2. The number of hydrogen-bond acceptors (Lipinski definition) is 6. The average Bonchev–Trinajstić information content (AvgIpc) is 2.72. The first-order valence-electron chi connectivity index (χ1n) is 9.10. The lowest BCUT2D eigenvalue weighted by Gasteiger charge is -2.34. The summed E-state index contributed by atoms with van der Waals surface area (Å²) >= 11 is 0. The van der Waals surface area contributed by atoms with Crippen molar-refractivity contribution in [2.45, 2.75) is 13.8 Å². The van der Waals surface area contributed by atoms with Crippen molar-refractivity contribution >= 4 is 17.8 Å². The predicted molar refractivity (Wildman–Crippen MR) is 102 cm³/mol. The topological polar surface area (TPSA) is 91.3 Å². The Kier molecular flexibility index (Phi) is 5.95. The maximum atomic E-state index is 12.8. The second kappa shape index (κ2) is 8.57. The number of aromatic nitrogens is 3. The highest BCUT2D eigenvalue weighted by Gasteiger charge is 2.24. The highest BCUT2D eigenvalue weighted by Crippen LogP contribution is 2.12. The van der Waals surface area contributed by atoms with Gasteiger partial charge in [-0.1, -0.05) is 13.8 Å². The fourth-order valence-electron chi connectivity index (χ4n) is 2.81. The van der Waals surface area contributed by atoms with Gasteiger partial charge in [-0.3, -0.25) is 14.6 Å². The summed E-state index contributed by atoms with van der Waals surface area (Å²) in [5, 5.41) is 2.86. The Hall–Kier alpha value is -3.03. The second-order valence-electron chi connectivity index (χ2n) is 6.86. The molecule has 3 rings (SSSR count). The van der Waals surface area contributed by atoms with E-state index in [-0.39, 0.29) is 17.5 Å². The zero-order valence-corrected chi connectivity index (χ0v) is 15.6. The van der Waals surface area contributed by atoms with Crippen molar-refractivity contribution in [3.8, 4) is 0 Å². The first kappa shape index (κ1) is 18.8. The summed E-state index contributed by atoms with van der Waals surface area (Å²) in [7, 11) is 0. The Morgan fingerprint density at radius 2 is 1.78 bits per heavy atom. The van der Waals surface area contributed by atoms with Gasteiger partial charge in [0.1, 0.15) is 5.69 Å². The predicted octanol–water partition coefficient (Wildman–Crippen LogP) is 1.22. The van der Waals surface area contributed by atoms with Gasteiger partial charge in [0.25, 0.3) is 11.8 Å². The Morgan fingerprint density at radius 1 is 1.07 bits per heavy atom. The zero-order chi connectivity index (χ0) is 19.2. The quantitative estimate of drug-likeness (QED) is 0.853. The van der Waals surface area contributed by atoms with E-state index in [2.05, 4.69) is 20.3 Å². The fourth-order valence-corrected chi connectivity index (χ4v) is 2.81. The maximum absolute atomic E-state index is 12.8. The van der Waals surface area contributed by atoms with Gasteiger partial charge in [0.15, 0.2) is 0 Å². The van der Waals surface area contributed by atoms with Crippen LogP contribution in [0.5, 0.6) is 0 Å². The fraction of sp³-hybridized carbons (Fsp3) is 0.421. The van der Waals surface area contributed by atoms with Gasteiger partial charge in [-0.2, -0.15) is 0 Å². The van der Waals surface area contributed by atoms with Crippen LogP contribution in [-0.4, -0.2) is 64.4 Å². The minimum absolute atomic E-state index is 0.165. The van der Waals surface area contributed by atoms with Crippen LogP contribution in [0.15, 0.2) is 36.8 Å². The molecule has 0 atom stereocenters. The molecule has 0 unspecified atom stereocenters. The zero-order valence-electron chi connectivity index (χ0n) is 15.6. The number of nitrogens with one attached hydrogen (secondary N) is 1. The van der Waals surface area contributed by atoms with E-state index >= 15 is 0 Å². The Morgan fingerprint density at radius 3 is 2.44 bits per heavy atom. The van der Waals surface area contributed by atoms with E-state index in [0.29, 0.717) is 50.2 Å². The van der Waals surface area contributed by atoms with E-state index in [9.17, 15) is 9.59 Å². The highest BCUT2D eigenvalue weighted by molar-refractivity contribution is 5.98. The smallest absolute Gasteiger partial charge is 0.272 e.